The molecule has 0 fully saturated rings. The summed E-state index contributed by atoms with van der Waals surface area (Å²) < 4.78 is 5.62. The first-order valence-corrected chi connectivity index (χ1v) is 6.39. The van der Waals surface area contributed by atoms with Gasteiger partial charge in [-0.1, -0.05) is 27.7 Å². The zero-order valence-electron chi connectivity index (χ0n) is 11.2. The number of nitrogens with one attached hydrogen (secondary N) is 1. The second-order valence-electron chi connectivity index (χ2n) is 4.91. The maximum atomic E-state index is 5.62. The van der Waals surface area contributed by atoms with Crippen molar-refractivity contribution in [2.24, 2.45) is 11.8 Å². The largest absolute Gasteiger partial charge is 0.381 e. The van der Waals surface area contributed by atoms with Gasteiger partial charge < -0.3 is 10.1 Å². The van der Waals surface area contributed by atoms with Crippen LogP contribution in [0.15, 0.2) is 0 Å². The average molecular weight is 215 g/mol. The Kier molecular flexibility index (Phi) is 9.12. The van der Waals surface area contributed by atoms with Crippen LogP contribution in [0.4, 0.5) is 0 Å². The van der Waals surface area contributed by atoms with Crippen molar-refractivity contribution in [2.45, 2.75) is 53.5 Å². The molecule has 0 bridgehead atoms. The maximum absolute atomic E-state index is 5.62. The van der Waals surface area contributed by atoms with Crippen LogP contribution in [0.1, 0.15) is 47.5 Å². The number of hydrogen-bond donors (Lipinski definition) is 1. The second-order valence-corrected chi connectivity index (χ2v) is 4.91. The van der Waals surface area contributed by atoms with Crippen molar-refractivity contribution < 1.29 is 4.74 Å². The Morgan fingerprint density at radius 2 is 1.60 bits per heavy atom. The summed E-state index contributed by atoms with van der Waals surface area (Å²) in [6, 6.07) is 0.601. The van der Waals surface area contributed by atoms with E-state index in [4.69, 9.17) is 4.74 Å². The summed E-state index contributed by atoms with van der Waals surface area (Å²) in [7, 11) is 0. The van der Waals surface area contributed by atoms with Crippen molar-refractivity contribution in [1.29, 1.82) is 0 Å². The fourth-order valence-corrected chi connectivity index (χ4v) is 1.46. The van der Waals surface area contributed by atoms with Gasteiger partial charge >= 0.3 is 0 Å². The quantitative estimate of drug-likeness (QED) is 0.597. The van der Waals surface area contributed by atoms with E-state index in [0.29, 0.717) is 12.0 Å². The van der Waals surface area contributed by atoms with Crippen LogP contribution in [-0.4, -0.2) is 25.8 Å². The molecule has 92 valence electrons. The van der Waals surface area contributed by atoms with Gasteiger partial charge in [0.2, 0.25) is 0 Å². The first-order chi connectivity index (χ1) is 7.07. The van der Waals surface area contributed by atoms with Crippen molar-refractivity contribution in [2.75, 3.05) is 19.8 Å². The van der Waals surface area contributed by atoms with Gasteiger partial charge in [0.1, 0.15) is 0 Å². The van der Waals surface area contributed by atoms with Crippen molar-refractivity contribution >= 4 is 0 Å². The Hall–Kier alpha value is -0.0800. The van der Waals surface area contributed by atoms with Gasteiger partial charge in [0.05, 0.1) is 0 Å². The maximum Gasteiger partial charge on any atom is 0.0469 e. The highest BCUT2D eigenvalue weighted by Crippen LogP contribution is 2.08. The SMILES string of the molecule is CCNC(C)C(C)CCOCCC(C)C. The zero-order valence-corrected chi connectivity index (χ0v) is 11.2. The van der Waals surface area contributed by atoms with E-state index in [2.05, 4.69) is 39.9 Å². The third-order valence-electron chi connectivity index (χ3n) is 2.94. The molecule has 0 rings (SSSR count). The van der Waals surface area contributed by atoms with Gasteiger partial charge in [-0.2, -0.15) is 0 Å². The lowest BCUT2D eigenvalue weighted by Gasteiger charge is -2.20. The molecule has 0 saturated carbocycles. The molecule has 2 nitrogen and oxygen atoms in total. The lowest BCUT2D eigenvalue weighted by molar-refractivity contribution is 0.108. The summed E-state index contributed by atoms with van der Waals surface area (Å²) in [5, 5.41) is 3.45. The highest BCUT2D eigenvalue weighted by Gasteiger charge is 2.10. The fraction of sp³-hybridized carbons (Fsp3) is 1.00. The van der Waals surface area contributed by atoms with Gasteiger partial charge in [-0.25, -0.2) is 0 Å². The van der Waals surface area contributed by atoms with Crippen LogP contribution in [0.3, 0.4) is 0 Å². The van der Waals surface area contributed by atoms with Gasteiger partial charge in [-0.15, -0.1) is 0 Å². The summed E-state index contributed by atoms with van der Waals surface area (Å²) in [5.74, 6) is 1.45. The monoisotopic (exact) mass is 215 g/mol. The lowest BCUT2D eigenvalue weighted by atomic mass is 10.0. The number of rotatable bonds is 9. The molecule has 1 N–H and O–H groups in total. The molecule has 0 radical (unpaired) electrons. The van der Waals surface area contributed by atoms with Gasteiger partial charge in [0, 0.05) is 19.3 Å². The number of hydrogen-bond acceptors (Lipinski definition) is 2. The third-order valence-corrected chi connectivity index (χ3v) is 2.94. The molecular formula is C13H29NO. The van der Waals surface area contributed by atoms with Gasteiger partial charge in [0.25, 0.3) is 0 Å². The van der Waals surface area contributed by atoms with Crippen molar-refractivity contribution in [3.63, 3.8) is 0 Å². The van der Waals surface area contributed by atoms with Crippen molar-refractivity contribution in [3.05, 3.63) is 0 Å². The molecule has 0 aromatic rings. The molecule has 0 aliphatic rings. The molecule has 0 heterocycles. The number of ether oxygens (including phenoxy) is 1. The first kappa shape index (κ1) is 14.9. The van der Waals surface area contributed by atoms with E-state index in [0.717, 1.165) is 32.1 Å². The molecule has 0 aromatic heterocycles. The minimum atomic E-state index is 0.601. The van der Waals surface area contributed by atoms with Crippen LogP contribution in [-0.2, 0) is 4.74 Å². The Labute approximate surface area is 95.8 Å². The van der Waals surface area contributed by atoms with Crippen LogP contribution < -0.4 is 5.32 Å². The summed E-state index contributed by atoms with van der Waals surface area (Å²) in [6.45, 7) is 14.0. The van der Waals surface area contributed by atoms with Crippen molar-refractivity contribution in [3.8, 4) is 0 Å². The molecular weight excluding hydrogens is 186 g/mol. The highest BCUT2D eigenvalue weighted by molar-refractivity contribution is 4.67. The molecule has 15 heavy (non-hydrogen) atoms. The predicted octanol–water partition coefficient (Wildman–Crippen LogP) is 3.07. The second kappa shape index (κ2) is 9.17. The van der Waals surface area contributed by atoms with E-state index in [-0.39, 0.29) is 0 Å². The molecule has 0 spiro atoms. The first-order valence-electron chi connectivity index (χ1n) is 6.39. The molecule has 2 unspecified atom stereocenters. The summed E-state index contributed by atoms with van der Waals surface area (Å²) in [6.07, 6.45) is 2.34. The van der Waals surface area contributed by atoms with E-state index >= 15 is 0 Å². The van der Waals surface area contributed by atoms with Crippen LogP contribution in [0.2, 0.25) is 0 Å². The Bertz CT molecular complexity index is 136. The molecule has 0 aliphatic carbocycles. The van der Waals surface area contributed by atoms with E-state index in [9.17, 15) is 0 Å². The molecule has 0 amide bonds. The van der Waals surface area contributed by atoms with Crippen LogP contribution in [0.25, 0.3) is 0 Å². The summed E-state index contributed by atoms with van der Waals surface area (Å²) >= 11 is 0. The lowest BCUT2D eigenvalue weighted by Crippen LogP contribution is -2.32. The Morgan fingerprint density at radius 1 is 1.00 bits per heavy atom. The highest BCUT2D eigenvalue weighted by atomic mass is 16.5. The fourth-order valence-electron chi connectivity index (χ4n) is 1.46. The van der Waals surface area contributed by atoms with Crippen LogP contribution >= 0.6 is 0 Å². The predicted molar refractivity (Wildman–Crippen MR) is 67.2 cm³/mol. The zero-order chi connectivity index (χ0) is 11.7. The normalized spacial score (nSPS) is 15.6. The van der Waals surface area contributed by atoms with Gasteiger partial charge in [-0.3, -0.25) is 0 Å². The van der Waals surface area contributed by atoms with Crippen LogP contribution in [0, 0.1) is 11.8 Å². The van der Waals surface area contributed by atoms with E-state index in [1.54, 1.807) is 0 Å². The topological polar surface area (TPSA) is 21.3 Å². The smallest absolute Gasteiger partial charge is 0.0469 e. The van der Waals surface area contributed by atoms with E-state index in [1.165, 1.54) is 6.42 Å². The van der Waals surface area contributed by atoms with Gasteiger partial charge in [-0.05, 0) is 38.1 Å². The molecule has 2 heteroatoms. The minimum Gasteiger partial charge on any atom is -0.381 e. The standard InChI is InChI=1S/C13H29NO/c1-6-14-13(5)12(4)8-10-15-9-7-11(2)3/h11-14H,6-10H2,1-5H3. The van der Waals surface area contributed by atoms with E-state index < -0.39 is 0 Å². The molecule has 0 aliphatic heterocycles. The Morgan fingerprint density at radius 3 is 2.13 bits per heavy atom. The molecule has 2 atom stereocenters. The van der Waals surface area contributed by atoms with Gasteiger partial charge in [0.15, 0.2) is 0 Å². The summed E-state index contributed by atoms with van der Waals surface area (Å²) in [5.41, 5.74) is 0. The Balaban J connectivity index is 3.34. The van der Waals surface area contributed by atoms with Crippen molar-refractivity contribution in [1.82, 2.24) is 5.32 Å². The third kappa shape index (κ3) is 8.88. The van der Waals surface area contributed by atoms with E-state index in [1.807, 2.05) is 0 Å². The molecule has 0 aromatic carbocycles. The molecule has 0 saturated heterocycles. The summed E-state index contributed by atoms with van der Waals surface area (Å²) in [4.78, 5) is 0. The van der Waals surface area contributed by atoms with Crippen LogP contribution in [0.5, 0.6) is 0 Å². The average Bonchev–Trinajstić information content (AvgIpc) is 2.16. The minimum absolute atomic E-state index is 0.601.